The predicted molar refractivity (Wildman–Crippen MR) is 57.3 cm³/mol. The molecule has 5 nitrogen and oxygen atoms in total. The van der Waals surface area contributed by atoms with Crippen molar-refractivity contribution in [3.8, 4) is 11.8 Å². The summed E-state index contributed by atoms with van der Waals surface area (Å²) in [6, 6.07) is 8.18. The van der Waals surface area contributed by atoms with Crippen LogP contribution in [0.25, 0.3) is 5.69 Å². The molecule has 0 saturated heterocycles. The molecule has 1 atom stereocenters. The summed E-state index contributed by atoms with van der Waals surface area (Å²) >= 11 is -2.08. The van der Waals surface area contributed by atoms with Crippen molar-refractivity contribution in [3.63, 3.8) is 0 Å². The number of nitriles is 1. The summed E-state index contributed by atoms with van der Waals surface area (Å²) in [5.74, 6) is 0. The van der Waals surface area contributed by atoms with E-state index in [0.717, 1.165) is 0 Å². The van der Waals surface area contributed by atoms with Gasteiger partial charge in [-0.25, -0.2) is 8.89 Å². The highest BCUT2D eigenvalue weighted by atomic mass is 32.2. The second-order valence-corrected chi connectivity index (χ2v) is 3.96. The zero-order valence-corrected chi connectivity index (χ0v) is 8.89. The lowest BCUT2D eigenvalue weighted by molar-refractivity contribution is 0.564. The SMILES string of the molecule is N#Cc1cc(S(=O)O)ccc1-n1cccn1. The number of benzene rings is 1. The van der Waals surface area contributed by atoms with Crippen LogP contribution in [0.3, 0.4) is 0 Å². The maximum atomic E-state index is 10.8. The first-order valence-electron chi connectivity index (χ1n) is 4.37. The first kappa shape index (κ1) is 10.5. The van der Waals surface area contributed by atoms with Crippen molar-refractivity contribution in [1.29, 1.82) is 5.26 Å². The average Bonchev–Trinajstić information content (AvgIpc) is 2.81. The second kappa shape index (κ2) is 4.26. The van der Waals surface area contributed by atoms with Gasteiger partial charge in [-0.05, 0) is 24.3 Å². The number of nitrogens with zero attached hydrogens (tertiary/aromatic N) is 3. The molecule has 1 unspecified atom stereocenters. The fraction of sp³-hybridized carbons (Fsp3) is 0. The van der Waals surface area contributed by atoms with Crippen LogP contribution in [0.15, 0.2) is 41.6 Å². The van der Waals surface area contributed by atoms with E-state index in [2.05, 4.69) is 5.10 Å². The third-order valence-electron chi connectivity index (χ3n) is 2.04. The monoisotopic (exact) mass is 233 g/mol. The molecule has 0 spiro atoms. The Balaban J connectivity index is 2.57. The number of aromatic nitrogens is 2. The summed E-state index contributed by atoms with van der Waals surface area (Å²) in [5.41, 5.74) is 0.894. The van der Waals surface area contributed by atoms with Crippen molar-refractivity contribution in [2.24, 2.45) is 0 Å². The van der Waals surface area contributed by atoms with E-state index in [1.807, 2.05) is 6.07 Å². The van der Waals surface area contributed by atoms with Crippen LogP contribution in [-0.4, -0.2) is 18.5 Å². The van der Waals surface area contributed by atoms with Gasteiger partial charge in [0, 0.05) is 12.4 Å². The molecule has 0 radical (unpaired) electrons. The second-order valence-electron chi connectivity index (χ2n) is 2.99. The van der Waals surface area contributed by atoms with Gasteiger partial charge in [0.05, 0.1) is 16.1 Å². The molecular weight excluding hydrogens is 226 g/mol. The van der Waals surface area contributed by atoms with Crippen molar-refractivity contribution >= 4 is 11.1 Å². The molecule has 16 heavy (non-hydrogen) atoms. The fourth-order valence-electron chi connectivity index (χ4n) is 1.32. The molecule has 0 amide bonds. The molecule has 0 bridgehead atoms. The van der Waals surface area contributed by atoms with Crippen molar-refractivity contribution in [2.75, 3.05) is 0 Å². The van der Waals surface area contributed by atoms with Crippen molar-refractivity contribution < 1.29 is 8.76 Å². The molecule has 0 aliphatic heterocycles. The Bertz CT molecular complexity index is 572. The molecule has 6 heteroatoms. The zero-order valence-electron chi connectivity index (χ0n) is 8.07. The Hall–Kier alpha value is -1.97. The van der Waals surface area contributed by atoms with Crippen LogP contribution < -0.4 is 0 Å². The first-order valence-corrected chi connectivity index (χ1v) is 5.48. The van der Waals surface area contributed by atoms with E-state index >= 15 is 0 Å². The smallest absolute Gasteiger partial charge is 0.186 e. The summed E-state index contributed by atoms with van der Waals surface area (Å²) in [6.07, 6.45) is 3.30. The van der Waals surface area contributed by atoms with Crippen molar-refractivity contribution in [3.05, 3.63) is 42.2 Å². The summed E-state index contributed by atoms with van der Waals surface area (Å²) < 4.78 is 21.3. The maximum absolute atomic E-state index is 10.8. The highest BCUT2D eigenvalue weighted by molar-refractivity contribution is 7.79. The molecule has 80 valence electrons. The summed E-state index contributed by atoms with van der Waals surface area (Å²) in [6.45, 7) is 0. The Morgan fingerprint density at radius 3 is 2.88 bits per heavy atom. The Morgan fingerprint density at radius 1 is 1.50 bits per heavy atom. The molecular formula is C10H7N3O2S. The van der Waals surface area contributed by atoms with Crippen LogP contribution in [-0.2, 0) is 11.1 Å². The van der Waals surface area contributed by atoms with Gasteiger partial charge < -0.3 is 4.55 Å². The minimum absolute atomic E-state index is 0.201. The van der Waals surface area contributed by atoms with Crippen LogP contribution in [0.4, 0.5) is 0 Å². The molecule has 0 fully saturated rings. The van der Waals surface area contributed by atoms with Crippen LogP contribution in [0.5, 0.6) is 0 Å². The van der Waals surface area contributed by atoms with Gasteiger partial charge in [-0.15, -0.1) is 0 Å². The lowest BCUT2D eigenvalue weighted by Gasteiger charge is -2.04. The van der Waals surface area contributed by atoms with E-state index in [9.17, 15) is 4.21 Å². The van der Waals surface area contributed by atoms with Gasteiger partial charge in [0.25, 0.3) is 0 Å². The lowest BCUT2D eigenvalue weighted by atomic mass is 10.2. The summed E-state index contributed by atoms with van der Waals surface area (Å²) in [4.78, 5) is 0.201. The number of hydrogen-bond donors (Lipinski definition) is 1. The Labute approximate surface area is 94.2 Å². The number of hydrogen-bond acceptors (Lipinski definition) is 3. The van der Waals surface area contributed by atoms with Crippen molar-refractivity contribution in [2.45, 2.75) is 4.90 Å². The maximum Gasteiger partial charge on any atom is 0.186 e. The van der Waals surface area contributed by atoms with E-state index < -0.39 is 11.1 Å². The van der Waals surface area contributed by atoms with E-state index in [4.69, 9.17) is 9.81 Å². The summed E-state index contributed by atoms with van der Waals surface area (Å²) in [5, 5.41) is 12.9. The van der Waals surface area contributed by atoms with Gasteiger partial charge in [-0.3, -0.25) is 0 Å². The molecule has 2 aromatic rings. The molecule has 1 aromatic carbocycles. The number of rotatable bonds is 2. The van der Waals surface area contributed by atoms with E-state index in [0.29, 0.717) is 11.3 Å². The highest BCUT2D eigenvalue weighted by Crippen LogP contribution is 2.16. The standard InChI is InChI=1S/C10H7N3O2S/c11-7-8-6-9(16(14)15)2-3-10(8)13-5-1-4-12-13/h1-6H,(H,14,15). The quantitative estimate of drug-likeness (QED) is 0.793. The van der Waals surface area contributed by atoms with E-state index in [-0.39, 0.29) is 4.90 Å². The predicted octanol–water partition coefficient (Wildman–Crippen LogP) is 1.32. The topological polar surface area (TPSA) is 78.9 Å². The molecule has 0 saturated carbocycles. The average molecular weight is 233 g/mol. The van der Waals surface area contributed by atoms with Gasteiger partial charge in [-0.1, -0.05) is 0 Å². The first-order chi connectivity index (χ1) is 7.72. The van der Waals surface area contributed by atoms with Crippen LogP contribution in [0, 0.1) is 11.3 Å². The van der Waals surface area contributed by atoms with Gasteiger partial charge in [0.2, 0.25) is 0 Å². The molecule has 1 heterocycles. The van der Waals surface area contributed by atoms with Gasteiger partial charge in [-0.2, -0.15) is 10.4 Å². The van der Waals surface area contributed by atoms with Gasteiger partial charge in [0.15, 0.2) is 11.1 Å². The highest BCUT2D eigenvalue weighted by Gasteiger charge is 2.08. The van der Waals surface area contributed by atoms with E-state index in [1.165, 1.54) is 16.8 Å². The Kier molecular flexibility index (Phi) is 2.81. The van der Waals surface area contributed by atoms with Crippen LogP contribution in [0.1, 0.15) is 5.56 Å². The normalized spacial score (nSPS) is 12.0. The van der Waals surface area contributed by atoms with Crippen LogP contribution in [0.2, 0.25) is 0 Å². The summed E-state index contributed by atoms with van der Waals surface area (Å²) in [7, 11) is 0. The van der Waals surface area contributed by atoms with Gasteiger partial charge in [0.1, 0.15) is 6.07 Å². The molecule has 0 aliphatic carbocycles. The third kappa shape index (κ3) is 1.86. The molecule has 0 aliphatic rings. The van der Waals surface area contributed by atoms with Gasteiger partial charge >= 0.3 is 0 Å². The molecule has 1 aromatic heterocycles. The Morgan fingerprint density at radius 2 is 2.31 bits per heavy atom. The molecule has 2 rings (SSSR count). The van der Waals surface area contributed by atoms with Crippen molar-refractivity contribution in [1.82, 2.24) is 9.78 Å². The lowest BCUT2D eigenvalue weighted by Crippen LogP contribution is -1.99. The molecule has 1 N–H and O–H groups in total. The fourth-order valence-corrected chi connectivity index (χ4v) is 1.73. The minimum Gasteiger partial charge on any atom is -0.302 e. The largest absolute Gasteiger partial charge is 0.302 e. The minimum atomic E-state index is -2.08. The van der Waals surface area contributed by atoms with Crippen LogP contribution >= 0.6 is 0 Å². The zero-order chi connectivity index (χ0) is 11.5. The third-order valence-corrected chi connectivity index (χ3v) is 2.70. The van der Waals surface area contributed by atoms with E-state index in [1.54, 1.807) is 24.5 Å².